The van der Waals surface area contributed by atoms with Gasteiger partial charge in [-0.2, -0.15) is 0 Å². The average Bonchev–Trinajstić information content (AvgIpc) is 2.61. The van der Waals surface area contributed by atoms with Crippen LogP contribution in [0.15, 0.2) is 42.5 Å². The second kappa shape index (κ2) is 3.35. The minimum atomic E-state index is 0.0229. The van der Waals surface area contributed by atoms with Crippen LogP contribution in [0, 0.1) is 0 Å². The molecule has 1 unspecified atom stereocenters. The minimum Gasteiger partial charge on any atom is -0.399 e. The van der Waals surface area contributed by atoms with E-state index in [-0.39, 0.29) is 6.10 Å². The molecule has 1 atom stereocenters. The van der Waals surface area contributed by atoms with E-state index in [0.717, 1.165) is 5.69 Å². The molecule has 2 heteroatoms. The van der Waals surface area contributed by atoms with Crippen molar-refractivity contribution in [2.24, 2.45) is 0 Å². The van der Waals surface area contributed by atoms with Gasteiger partial charge < -0.3 is 10.5 Å². The number of nitrogens with two attached hydrogens (primary N) is 1. The molecule has 0 saturated heterocycles. The monoisotopic (exact) mass is 211 g/mol. The largest absolute Gasteiger partial charge is 0.399 e. The Morgan fingerprint density at radius 3 is 2.56 bits per heavy atom. The molecule has 0 heterocycles. The Morgan fingerprint density at radius 1 is 1.00 bits per heavy atom. The molecule has 0 spiro atoms. The van der Waals surface area contributed by atoms with Gasteiger partial charge in [-0.05, 0) is 34.4 Å². The quantitative estimate of drug-likeness (QED) is 0.736. The number of methoxy groups -OCH3 is 1. The molecule has 80 valence electrons. The van der Waals surface area contributed by atoms with Crippen molar-refractivity contribution in [2.45, 2.75) is 6.10 Å². The smallest absolute Gasteiger partial charge is 0.108 e. The van der Waals surface area contributed by atoms with Crippen LogP contribution >= 0.6 is 0 Å². The highest BCUT2D eigenvalue weighted by Crippen LogP contribution is 2.45. The van der Waals surface area contributed by atoms with E-state index in [1.165, 1.54) is 22.3 Å². The van der Waals surface area contributed by atoms with Gasteiger partial charge in [-0.1, -0.05) is 30.3 Å². The average molecular weight is 211 g/mol. The summed E-state index contributed by atoms with van der Waals surface area (Å²) < 4.78 is 5.56. The van der Waals surface area contributed by atoms with E-state index < -0.39 is 0 Å². The standard InChI is InChI=1S/C14H13NO/c1-16-14-12-5-3-2-4-10(12)11-7-6-9(15)8-13(11)14/h2-8,14H,15H2,1H3. The Kier molecular flexibility index (Phi) is 1.98. The van der Waals surface area contributed by atoms with Crippen LogP contribution in [0.25, 0.3) is 11.1 Å². The molecule has 3 rings (SSSR count). The van der Waals surface area contributed by atoms with Crippen LogP contribution in [-0.4, -0.2) is 7.11 Å². The van der Waals surface area contributed by atoms with Gasteiger partial charge in [0.1, 0.15) is 6.10 Å². The van der Waals surface area contributed by atoms with Gasteiger partial charge in [0.2, 0.25) is 0 Å². The van der Waals surface area contributed by atoms with Crippen molar-refractivity contribution in [1.29, 1.82) is 0 Å². The third-order valence-electron chi connectivity index (χ3n) is 3.13. The number of fused-ring (bicyclic) bond motifs is 3. The zero-order valence-electron chi connectivity index (χ0n) is 9.10. The van der Waals surface area contributed by atoms with Crippen LogP contribution in [0.4, 0.5) is 5.69 Å². The molecule has 2 N–H and O–H groups in total. The SMILES string of the molecule is COC1c2ccccc2-c2ccc(N)cc21. The van der Waals surface area contributed by atoms with E-state index in [4.69, 9.17) is 10.5 Å². The zero-order chi connectivity index (χ0) is 11.1. The molecule has 1 aliphatic rings. The second-order valence-corrected chi connectivity index (χ2v) is 4.05. The first kappa shape index (κ1) is 9.43. The van der Waals surface area contributed by atoms with Crippen LogP contribution in [0.1, 0.15) is 17.2 Å². The number of hydrogen-bond acceptors (Lipinski definition) is 2. The highest BCUT2D eigenvalue weighted by atomic mass is 16.5. The zero-order valence-corrected chi connectivity index (χ0v) is 9.10. The van der Waals surface area contributed by atoms with Gasteiger partial charge in [0.15, 0.2) is 0 Å². The lowest BCUT2D eigenvalue weighted by Crippen LogP contribution is -1.99. The van der Waals surface area contributed by atoms with Crippen molar-refractivity contribution in [1.82, 2.24) is 0 Å². The summed E-state index contributed by atoms with van der Waals surface area (Å²) in [5, 5.41) is 0. The molecule has 2 aromatic carbocycles. The molecule has 0 bridgehead atoms. The maximum Gasteiger partial charge on any atom is 0.108 e. The van der Waals surface area contributed by atoms with Gasteiger partial charge >= 0.3 is 0 Å². The van der Waals surface area contributed by atoms with Crippen LogP contribution in [0.5, 0.6) is 0 Å². The fourth-order valence-electron chi connectivity index (χ4n) is 2.44. The Balaban J connectivity index is 2.29. The predicted molar refractivity (Wildman–Crippen MR) is 65.1 cm³/mol. The van der Waals surface area contributed by atoms with Crippen LogP contribution in [-0.2, 0) is 4.74 Å². The summed E-state index contributed by atoms with van der Waals surface area (Å²) in [6.45, 7) is 0. The summed E-state index contributed by atoms with van der Waals surface area (Å²) in [5.74, 6) is 0. The van der Waals surface area contributed by atoms with E-state index in [9.17, 15) is 0 Å². The van der Waals surface area contributed by atoms with Crippen molar-refractivity contribution in [3.8, 4) is 11.1 Å². The molecule has 0 saturated carbocycles. The molecular formula is C14H13NO. The van der Waals surface area contributed by atoms with Gasteiger partial charge in [0.05, 0.1) is 0 Å². The predicted octanol–water partition coefficient (Wildman–Crippen LogP) is 2.99. The lowest BCUT2D eigenvalue weighted by Gasteiger charge is -2.11. The minimum absolute atomic E-state index is 0.0229. The van der Waals surface area contributed by atoms with Crippen molar-refractivity contribution in [2.75, 3.05) is 12.8 Å². The summed E-state index contributed by atoms with van der Waals surface area (Å²) in [6, 6.07) is 14.3. The first-order valence-corrected chi connectivity index (χ1v) is 5.33. The number of ether oxygens (including phenoxy) is 1. The molecular weight excluding hydrogens is 198 g/mol. The Hall–Kier alpha value is -1.80. The Morgan fingerprint density at radius 2 is 1.75 bits per heavy atom. The molecule has 0 radical (unpaired) electrons. The summed E-state index contributed by atoms with van der Waals surface area (Å²) >= 11 is 0. The van der Waals surface area contributed by atoms with Gasteiger partial charge in [0, 0.05) is 12.8 Å². The Bertz CT molecular complexity index is 548. The fraction of sp³-hybridized carbons (Fsp3) is 0.143. The van der Waals surface area contributed by atoms with Crippen LogP contribution < -0.4 is 5.73 Å². The van der Waals surface area contributed by atoms with Crippen LogP contribution in [0.2, 0.25) is 0 Å². The van der Waals surface area contributed by atoms with Crippen molar-refractivity contribution in [3.05, 3.63) is 53.6 Å². The number of nitrogen functional groups attached to an aromatic ring is 1. The maximum atomic E-state index is 5.83. The topological polar surface area (TPSA) is 35.2 Å². The molecule has 0 amide bonds. The fourth-order valence-corrected chi connectivity index (χ4v) is 2.44. The lowest BCUT2D eigenvalue weighted by molar-refractivity contribution is 0.140. The highest BCUT2D eigenvalue weighted by Gasteiger charge is 2.27. The first-order chi connectivity index (χ1) is 7.81. The van der Waals surface area contributed by atoms with Gasteiger partial charge in [0.25, 0.3) is 0 Å². The Labute approximate surface area is 94.7 Å². The molecule has 0 aromatic heterocycles. The molecule has 1 aliphatic carbocycles. The molecule has 2 aromatic rings. The summed E-state index contributed by atoms with van der Waals surface area (Å²) in [5.41, 5.74) is 11.5. The molecule has 2 nitrogen and oxygen atoms in total. The van der Waals surface area contributed by atoms with E-state index >= 15 is 0 Å². The van der Waals surface area contributed by atoms with Gasteiger partial charge in [-0.15, -0.1) is 0 Å². The number of hydrogen-bond donors (Lipinski definition) is 1. The van der Waals surface area contributed by atoms with E-state index in [2.05, 4.69) is 24.3 Å². The number of benzene rings is 2. The molecule has 0 aliphatic heterocycles. The molecule has 0 fully saturated rings. The summed E-state index contributed by atoms with van der Waals surface area (Å²) in [4.78, 5) is 0. The number of anilines is 1. The summed E-state index contributed by atoms with van der Waals surface area (Å²) in [6.07, 6.45) is 0.0229. The van der Waals surface area contributed by atoms with Gasteiger partial charge in [-0.25, -0.2) is 0 Å². The van der Waals surface area contributed by atoms with Crippen molar-refractivity contribution in [3.63, 3.8) is 0 Å². The second-order valence-electron chi connectivity index (χ2n) is 4.05. The summed E-state index contributed by atoms with van der Waals surface area (Å²) in [7, 11) is 1.74. The van der Waals surface area contributed by atoms with Crippen LogP contribution in [0.3, 0.4) is 0 Å². The van der Waals surface area contributed by atoms with E-state index in [0.29, 0.717) is 0 Å². The number of rotatable bonds is 1. The van der Waals surface area contributed by atoms with Crippen molar-refractivity contribution >= 4 is 5.69 Å². The van der Waals surface area contributed by atoms with Gasteiger partial charge in [-0.3, -0.25) is 0 Å². The third kappa shape index (κ3) is 1.17. The normalized spacial score (nSPS) is 16.9. The highest BCUT2D eigenvalue weighted by molar-refractivity contribution is 5.79. The third-order valence-corrected chi connectivity index (χ3v) is 3.13. The molecule has 16 heavy (non-hydrogen) atoms. The lowest BCUT2D eigenvalue weighted by atomic mass is 10.1. The van der Waals surface area contributed by atoms with E-state index in [1.807, 2.05) is 18.2 Å². The van der Waals surface area contributed by atoms with E-state index in [1.54, 1.807) is 7.11 Å². The first-order valence-electron chi connectivity index (χ1n) is 5.33. The maximum absolute atomic E-state index is 5.83. The van der Waals surface area contributed by atoms with Crippen molar-refractivity contribution < 1.29 is 4.74 Å².